The maximum Gasteiger partial charge on any atom is 0.226 e. The summed E-state index contributed by atoms with van der Waals surface area (Å²) in [5, 5.41) is 20.9. The van der Waals surface area contributed by atoms with Crippen LogP contribution in [0.15, 0.2) is 24.3 Å². The minimum absolute atomic E-state index is 0.0440. The maximum atomic E-state index is 11.6. The quantitative estimate of drug-likeness (QED) is 0.670. The van der Waals surface area contributed by atoms with E-state index in [9.17, 15) is 9.90 Å². The number of nitrogens with one attached hydrogen (secondary N) is 1. The molecule has 3 N–H and O–H groups in total. The third kappa shape index (κ3) is 4.73. The van der Waals surface area contributed by atoms with Crippen molar-refractivity contribution in [3.05, 3.63) is 29.8 Å². The molecule has 1 aromatic carbocycles. The topological polar surface area (TPSA) is 72.8 Å². The Balaban J connectivity index is 2.59. The number of anilines is 1. The number of amides is 1. The van der Waals surface area contributed by atoms with Gasteiger partial charge < -0.3 is 20.4 Å². The summed E-state index contributed by atoms with van der Waals surface area (Å²) in [5.74, 6) is 0.0440. The molecule has 0 saturated carbocycles. The van der Waals surface area contributed by atoms with Crippen LogP contribution in [0.3, 0.4) is 0 Å². The lowest BCUT2D eigenvalue weighted by Crippen LogP contribution is -2.24. The fourth-order valence-corrected chi connectivity index (χ4v) is 1.42. The first-order valence-corrected chi connectivity index (χ1v) is 5.85. The number of likely N-dealkylation sites (N-methyl/N-ethyl adjacent to an activating group) is 1. The molecule has 0 aliphatic heterocycles. The first kappa shape index (κ1) is 14.5. The van der Waals surface area contributed by atoms with Gasteiger partial charge in [0, 0.05) is 26.3 Å². The molecule has 0 aliphatic carbocycles. The van der Waals surface area contributed by atoms with Gasteiger partial charge in [0.15, 0.2) is 0 Å². The molecule has 100 valence electrons. The molecule has 0 heterocycles. The van der Waals surface area contributed by atoms with Crippen LogP contribution in [-0.4, -0.2) is 54.4 Å². The van der Waals surface area contributed by atoms with Gasteiger partial charge in [-0.25, -0.2) is 0 Å². The molecule has 0 bridgehead atoms. The van der Waals surface area contributed by atoms with Crippen molar-refractivity contribution in [2.75, 3.05) is 32.6 Å². The Morgan fingerprint density at radius 3 is 2.78 bits per heavy atom. The van der Waals surface area contributed by atoms with E-state index in [2.05, 4.69) is 5.32 Å². The SMILES string of the molecule is CN(C)C(=O)Cc1cccc(NCC(O)CO)c1. The molecule has 5 heteroatoms. The Hall–Kier alpha value is -1.59. The Bertz CT molecular complexity index is 394. The van der Waals surface area contributed by atoms with E-state index in [-0.39, 0.29) is 19.1 Å². The Morgan fingerprint density at radius 1 is 1.44 bits per heavy atom. The van der Waals surface area contributed by atoms with Gasteiger partial charge in [0.05, 0.1) is 19.1 Å². The van der Waals surface area contributed by atoms with Crippen LogP contribution in [0, 0.1) is 0 Å². The second-order valence-electron chi connectivity index (χ2n) is 4.38. The minimum Gasteiger partial charge on any atom is -0.394 e. The van der Waals surface area contributed by atoms with Crippen molar-refractivity contribution in [2.24, 2.45) is 0 Å². The van der Waals surface area contributed by atoms with Crippen LogP contribution >= 0.6 is 0 Å². The minimum atomic E-state index is -0.780. The molecule has 1 rings (SSSR count). The second kappa shape index (κ2) is 6.98. The fourth-order valence-electron chi connectivity index (χ4n) is 1.42. The predicted octanol–water partition coefficient (Wildman–Crippen LogP) is 0.0824. The van der Waals surface area contributed by atoms with E-state index >= 15 is 0 Å². The number of carbonyl (C=O) groups is 1. The zero-order valence-corrected chi connectivity index (χ0v) is 10.8. The maximum absolute atomic E-state index is 11.6. The molecule has 1 unspecified atom stereocenters. The van der Waals surface area contributed by atoms with Gasteiger partial charge in [-0.1, -0.05) is 12.1 Å². The smallest absolute Gasteiger partial charge is 0.226 e. The highest BCUT2D eigenvalue weighted by molar-refractivity contribution is 5.78. The van der Waals surface area contributed by atoms with E-state index in [1.807, 2.05) is 24.3 Å². The van der Waals surface area contributed by atoms with Gasteiger partial charge in [-0.15, -0.1) is 0 Å². The molecule has 0 radical (unpaired) electrons. The average molecular weight is 252 g/mol. The summed E-state index contributed by atoms with van der Waals surface area (Å²) < 4.78 is 0. The van der Waals surface area contributed by atoms with E-state index in [1.165, 1.54) is 0 Å². The molecular formula is C13H20N2O3. The highest BCUT2D eigenvalue weighted by atomic mass is 16.3. The zero-order chi connectivity index (χ0) is 13.5. The number of aliphatic hydroxyl groups excluding tert-OH is 2. The summed E-state index contributed by atoms with van der Waals surface area (Å²) in [6.07, 6.45) is -0.428. The van der Waals surface area contributed by atoms with E-state index in [0.717, 1.165) is 11.3 Å². The van der Waals surface area contributed by atoms with Crippen LogP contribution in [0.4, 0.5) is 5.69 Å². The third-order valence-corrected chi connectivity index (χ3v) is 2.53. The molecule has 0 saturated heterocycles. The molecule has 1 aromatic rings. The van der Waals surface area contributed by atoms with Crippen molar-refractivity contribution < 1.29 is 15.0 Å². The summed E-state index contributed by atoms with van der Waals surface area (Å²) in [5.41, 5.74) is 1.74. The summed E-state index contributed by atoms with van der Waals surface area (Å²) in [6.45, 7) is 0.00733. The summed E-state index contributed by atoms with van der Waals surface area (Å²) in [4.78, 5) is 13.1. The van der Waals surface area contributed by atoms with Crippen LogP contribution in [0.25, 0.3) is 0 Å². The molecule has 0 fully saturated rings. The summed E-state index contributed by atoms with van der Waals surface area (Å²) >= 11 is 0. The molecule has 0 aromatic heterocycles. The van der Waals surface area contributed by atoms with Crippen LogP contribution < -0.4 is 5.32 Å². The third-order valence-electron chi connectivity index (χ3n) is 2.53. The van der Waals surface area contributed by atoms with E-state index in [1.54, 1.807) is 19.0 Å². The van der Waals surface area contributed by atoms with E-state index < -0.39 is 6.10 Å². The van der Waals surface area contributed by atoms with Crippen molar-refractivity contribution in [2.45, 2.75) is 12.5 Å². The van der Waals surface area contributed by atoms with Crippen molar-refractivity contribution >= 4 is 11.6 Å². The number of hydrogen-bond donors (Lipinski definition) is 3. The number of aliphatic hydroxyl groups is 2. The molecular weight excluding hydrogens is 232 g/mol. The van der Waals surface area contributed by atoms with E-state index in [4.69, 9.17) is 5.11 Å². The lowest BCUT2D eigenvalue weighted by Gasteiger charge is -2.13. The van der Waals surface area contributed by atoms with Crippen LogP contribution in [-0.2, 0) is 11.2 Å². The van der Waals surface area contributed by atoms with Crippen molar-refractivity contribution in [3.8, 4) is 0 Å². The highest BCUT2D eigenvalue weighted by Crippen LogP contribution is 2.11. The van der Waals surface area contributed by atoms with Gasteiger partial charge in [-0.2, -0.15) is 0 Å². The molecule has 0 spiro atoms. The number of rotatable bonds is 6. The van der Waals surface area contributed by atoms with Gasteiger partial charge in [-0.3, -0.25) is 4.79 Å². The Morgan fingerprint density at radius 2 is 2.17 bits per heavy atom. The lowest BCUT2D eigenvalue weighted by molar-refractivity contribution is -0.127. The average Bonchev–Trinajstić information content (AvgIpc) is 2.36. The Kier molecular flexibility index (Phi) is 5.61. The summed E-state index contributed by atoms with van der Waals surface area (Å²) in [6, 6.07) is 7.46. The molecule has 1 atom stereocenters. The Labute approximate surface area is 107 Å². The van der Waals surface area contributed by atoms with Gasteiger partial charge in [0.2, 0.25) is 5.91 Å². The van der Waals surface area contributed by atoms with Gasteiger partial charge in [0.25, 0.3) is 0 Å². The number of hydrogen-bond acceptors (Lipinski definition) is 4. The molecule has 5 nitrogen and oxygen atoms in total. The van der Waals surface area contributed by atoms with E-state index in [0.29, 0.717) is 6.42 Å². The molecule has 18 heavy (non-hydrogen) atoms. The first-order valence-electron chi connectivity index (χ1n) is 5.85. The predicted molar refractivity (Wildman–Crippen MR) is 70.4 cm³/mol. The van der Waals surface area contributed by atoms with Crippen molar-refractivity contribution in [3.63, 3.8) is 0 Å². The van der Waals surface area contributed by atoms with Crippen LogP contribution in [0.2, 0.25) is 0 Å². The number of carbonyl (C=O) groups excluding carboxylic acids is 1. The highest BCUT2D eigenvalue weighted by Gasteiger charge is 2.06. The van der Waals surface area contributed by atoms with Crippen LogP contribution in [0.5, 0.6) is 0 Å². The van der Waals surface area contributed by atoms with Crippen molar-refractivity contribution in [1.82, 2.24) is 4.90 Å². The summed E-state index contributed by atoms with van der Waals surface area (Å²) in [7, 11) is 3.45. The lowest BCUT2D eigenvalue weighted by atomic mass is 10.1. The first-order chi connectivity index (χ1) is 8.52. The standard InChI is InChI=1S/C13H20N2O3/c1-15(2)13(18)7-10-4-3-5-11(6-10)14-8-12(17)9-16/h3-6,12,14,16-17H,7-9H2,1-2H3. The molecule has 0 aliphatic rings. The normalized spacial score (nSPS) is 12.0. The second-order valence-corrected chi connectivity index (χ2v) is 4.38. The van der Waals surface area contributed by atoms with Gasteiger partial charge >= 0.3 is 0 Å². The van der Waals surface area contributed by atoms with Gasteiger partial charge in [-0.05, 0) is 17.7 Å². The van der Waals surface area contributed by atoms with Crippen LogP contribution in [0.1, 0.15) is 5.56 Å². The largest absolute Gasteiger partial charge is 0.394 e. The number of benzene rings is 1. The molecule has 1 amide bonds. The van der Waals surface area contributed by atoms with Gasteiger partial charge in [0.1, 0.15) is 0 Å². The fraction of sp³-hybridized carbons (Fsp3) is 0.462. The zero-order valence-electron chi connectivity index (χ0n) is 10.8. The number of nitrogens with zero attached hydrogens (tertiary/aromatic N) is 1. The monoisotopic (exact) mass is 252 g/mol. The van der Waals surface area contributed by atoms with Crippen molar-refractivity contribution in [1.29, 1.82) is 0 Å².